The number of ether oxygens (including phenoxy) is 1. The summed E-state index contributed by atoms with van der Waals surface area (Å²) in [6, 6.07) is 16.2. The molecule has 94 valence electrons. The number of nitrogens with one attached hydrogen (secondary N) is 1. The SMILES string of the molecule is COc1cc(NC(C)c2ccccc2)ccc1Cl. The van der Waals surface area contributed by atoms with Crippen molar-refractivity contribution in [1.29, 1.82) is 0 Å². The van der Waals surface area contributed by atoms with E-state index in [1.807, 2.05) is 36.4 Å². The van der Waals surface area contributed by atoms with Crippen molar-refractivity contribution in [2.24, 2.45) is 0 Å². The summed E-state index contributed by atoms with van der Waals surface area (Å²) in [5, 5.41) is 4.04. The van der Waals surface area contributed by atoms with Gasteiger partial charge in [-0.2, -0.15) is 0 Å². The largest absolute Gasteiger partial charge is 0.495 e. The summed E-state index contributed by atoms with van der Waals surface area (Å²) < 4.78 is 5.20. The maximum absolute atomic E-state index is 6.00. The first-order valence-electron chi connectivity index (χ1n) is 5.85. The Morgan fingerprint density at radius 3 is 2.50 bits per heavy atom. The number of hydrogen-bond acceptors (Lipinski definition) is 2. The van der Waals surface area contributed by atoms with Gasteiger partial charge in [0.05, 0.1) is 12.1 Å². The van der Waals surface area contributed by atoms with Gasteiger partial charge in [0.25, 0.3) is 0 Å². The van der Waals surface area contributed by atoms with E-state index in [0.717, 1.165) is 5.69 Å². The topological polar surface area (TPSA) is 21.3 Å². The summed E-state index contributed by atoms with van der Waals surface area (Å²) >= 11 is 6.00. The Hall–Kier alpha value is -1.67. The number of anilines is 1. The van der Waals surface area contributed by atoms with Gasteiger partial charge in [0.15, 0.2) is 0 Å². The molecule has 2 aromatic rings. The van der Waals surface area contributed by atoms with Crippen LogP contribution in [0, 0.1) is 0 Å². The molecule has 0 bridgehead atoms. The highest BCUT2D eigenvalue weighted by molar-refractivity contribution is 6.32. The summed E-state index contributed by atoms with van der Waals surface area (Å²) in [5.74, 6) is 0.682. The van der Waals surface area contributed by atoms with E-state index < -0.39 is 0 Å². The van der Waals surface area contributed by atoms with Gasteiger partial charge in [-0.1, -0.05) is 41.9 Å². The summed E-state index contributed by atoms with van der Waals surface area (Å²) in [4.78, 5) is 0. The predicted molar refractivity (Wildman–Crippen MR) is 76.5 cm³/mol. The molecule has 0 aliphatic rings. The standard InChI is InChI=1S/C15H16ClNO/c1-11(12-6-4-3-5-7-12)17-13-8-9-14(16)15(10-13)18-2/h3-11,17H,1-2H3. The number of rotatable bonds is 4. The summed E-state index contributed by atoms with van der Waals surface area (Å²) in [6.07, 6.45) is 0. The monoisotopic (exact) mass is 261 g/mol. The minimum atomic E-state index is 0.233. The minimum Gasteiger partial charge on any atom is -0.495 e. The lowest BCUT2D eigenvalue weighted by molar-refractivity contribution is 0.415. The molecule has 0 spiro atoms. The lowest BCUT2D eigenvalue weighted by Gasteiger charge is -2.16. The van der Waals surface area contributed by atoms with Crippen LogP contribution < -0.4 is 10.1 Å². The molecule has 0 fully saturated rings. The molecule has 0 aliphatic carbocycles. The van der Waals surface area contributed by atoms with E-state index in [4.69, 9.17) is 16.3 Å². The average molecular weight is 262 g/mol. The number of halogens is 1. The lowest BCUT2D eigenvalue weighted by Crippen LogP contribution is -2.06. The molecule has 1 N–H and O–H groups in total. The Morgan fingerprint density at radius 1 is 1.11 bits per heavy atom. The van der Waals surface area contributed by atoms with Gasteiger partial charge in [0.2, 0.25) is 0 Å². The van der Waals surface area contributed by atoms with Crippen LogP contribution in [0.3, 0.4) is 0 Å². The van der Waals surface area contributed by atoms with E-state index in [1.54, 1.807) is 7.11 Å². The van der Waals surface area contributed by atoms with Gasteiger partial charge in [-0.15, -0.1) is 0 Å². The second-order valence-corrected chi connectivity index (χ2v) is 4.53. The molecular weight excluding hydrogens is 246 g/mol. The Morgan fingerprint density at radius 2 is 1.83 bits per heavy atom. The molecule has 0 amide bonds. The van der Waals surface area contributed by atoms with E-state index in [1.165, 1.54) is 5.56 Å². The van der Waals surface area contributed by atoms with Crippen LogP contribution >= 0.6 is 11.6 Å². The fraction of sp³-hybridized carbons (Fsp3) is 0.200. The Balaban J connectivity index is 2.14. The third-order valence-corrected chi connectivity index (χ3v) is 3.15. The van der Waals surface area contributed by atoms with E-state index in [2.05, 4.69) is 24.4 Å². The highest BCUT2D eigenvalue weighted by Crippen LogP contribution is 2.29. The molecule has 0 aromatic heterocycles. The van der Waals surface area contributed by atoms with Crippen molar-refractivity contribution in [3.63, 3.8) is 0 Å². The maximum Gasteiger partial charge on any atom is 0.139 e. The first kappa shape index (κ1) is 12.8. The van der Waals surface area contributed by atoms with E-state index in [0.29, 0.717) is 10.8 Å². The Bertz CT molecular complexity index is 513. The van der Waals surface area contributed by atoms with Gasteiger partial charge < -0.3 is 10.1 Å². The van der Waals surface area contributed by atoms with Crippen molar-refractivity contribution in [2.75, 3.05) is 12.4 Å². The Kier molecular flexibility index (Phi) is 4.11. The zero-order valence-corrected chi connectivity index (χ0v) is 11.2. The number of benzene rings is 2. The molecule has 0 radical (unpaired) electrons. The highest BCUT2D eigenvalue weighted by atomic mass is 35.5. The van der Waals surface area contributed by atoms with Crippen LogP contribution in [0.15, 0.2) is 48.5 Å². The molecule has 0 saturated carbocycles. The second kappa shape index (κ2) is 5.78. The van der Waals surface area contributed by atoms with Crippen LogP contribution in [-0.4, -0.2) is 7.11 Å². The van der Waals surface area contributed by atoms with Crippen LogP contribution in [0.25, 0.3) is 0 Å². The molecule has 0 aliphatic heterocycles. The highest BCUT2D eigenvalue weighted by Gasteiger charge is 2.06. The van der Waals surface area contributed by atoms with E-state index in [9.17, 15) is 0 Å². The first-order chi connectivity index (χ1) is 8.70. The van der Waals surface area contributed by atoms with Gasteiger partial charge in [0, 0.05) is 17.8 Å². The Labute approximate surface area is 113 Å². The molecule has 2 aromatic carbocycles. The van der Waals surface area contributed by atoms with Crippen LogP contribution in [0.2, 0.25) is 5.02 Å². The molecule has 1 atom stereocenters. The van der Waals surface area contributed by atoms with Crippen LogP contribution in [0.1, 0.15) is 18.5 Å². The lowest BCUT2D eigenvalue weighted by atomic mass is 10.1. The van der Waals surface area contributed by atoms with Gasteiger partial charge >= 0.3 is 0 Å². The van der Waals surface area contributed by atoms with Crippen LogP contribution in [-0.2, 0) is 0 Å². The second-order valence-electron chi connectivity index (χ2n) is 4.13. The first-order valence-corrected chi connectivity index (χ1v) is 6.23. The van der Waals surface area contributed by atoms with Crippen molar-refractivity contribution in [2.45, 2.75) is 13.0 Å². The molecular formula is C15H16ClNO. The van der Waals surface area contributed by atoms with Crippen molar-refractivity contribution in [3.8, 4) is 5.75 Å². The van der Waals surface area contributed by atoms with E-state index >= 15 is 0 Å². The van der Waals surface area contributed by atoms with Gasteiger partial charge in [-0.05, 0) is 24.6 Å². The zero-order chi connectivity index (χ0) is 13.0. The summed E-state index contributed by atoms with van der Waals surface area (Å²) in [5.41, 5.74) is 2.24. The predicted octanol–water partition coefficient (Wildman–Crippen LogP) is 4.52. The molecule has 0 heterocycles. The van der Waals surface area contributed by atoms with Crippen LogP contribution in [0.5, 0.6) is 5.75 Å². The minimum absolute atomic E-state index is 0.233. The molecule has 18 heavy (non-hydrogen) atoms. The average Bonchev–Trinajstić information content (AvgIpc) is 2.42. The molecule has 2 nitrogen and oxygen atoms in total. The summed E-state index contributed by atoms with van der Waals surface area (Å²) in [6.45, 7) is 2.12. The van der Waals surface area contributed by atoms with Crippen molar-refractivity contribution < 1.29 is 4.74 Å². The molecule has 0 saturated heterocycles. The fourth-order valence-electron chi connectivity index (χ4n) is 1.82. The third-order valence-electron chi connectivity index (χ3n) is 2.83. The van der Waals surface area contributed by atoms with Crippen LogP contribution in [0.4, 0.5) is 5.69 Å². The molecule has 1 unspecified atom stereocenters. The smallest absolute Gasteiger partial charge is 0.139 e. The van der Waals surface area contributed by atoms with Gasteiger partial charge in [-0.3, -0.25) is 0 Å². The quantitative estimate of drug-likeness (QED) is 0.874. The van der Waals surface area contributed by atoms with E-state index in [-0.39, 0.29) is 6.04 Å². The summed E-state index contributed by atoms with van der Waals surface area (Å²) in [7, 11) is 1.62. The van der Waals surface area contributed by atoms with Crippen molar-refractivity contribution in [1.82, 2.24) is 0 Å². The van der Waals surface area contributed by atoms with Crippen molar-refractivity contribution >= 4 is 17.3 Å². The number of methoxy groups -OCH3 is 1. The fourth-order valence-corrected chi connectivity index (χ4v) is 2.02. The van der Waals surface area contributed by atoms with Gasteiger partial charge in [0.1, 0.15) is 5.75 Å². The zero-order valence-electron chi connectivity index (χ0n) is 10.5. The molecule has 3 heteroatoms. The number of hydrogen-bond donors (Lipinski definition) is 1. The third kappa shape index (κ3) is 2.96. The van der Waals surface area contributed by atoms with Gasteiger partial charge in [-0.25, -0.2) is 0 Å². The maximum atomic E-state index is 6.00. The normalized spacial score (nSPS) is 11.9. The molecule has 2 rings (SSSR count). The van der Waals surface area contributed by atoms with Crippen molar-refractivity contribution in [3.05, 3.63) is 59.1 Å².